The number of anilines is 1. The molecule has 9 heteroatoms. The summed E-state index contributed by atoms with van der Waals surface area (Å²) in [6, 6.07) is 10.8. The molecule has 2 aromatic carbocycles. The van der Waals surface area contributed by atoms with Gasteiger partial charge in [0.05, 0.1) is 28.1 Å². The van der Waals surface area contributed by atoms with Crippen LogP contribution in [0.3, 0.4) is 0 Å². The third-order valence-corrected chi connectivity index (χ3v) is 6.65. The van der Waals surface area contributed by atoms with Gasteiger partial charge < -0.3 is 19.6 Å². The molecule has 2 aromatic rings. The van der Waals surface area contributed by atoms with E-state index in [9.17, 15) is 9.90 Å². The van der Waals surface area contributed by atoms with Crippen LogP contribution in [0.4, 0.5) is 5.69 Å². The minimum atomic E-state index is -1.20. The first-order valence-corrected chi connectivity index (χ1v) is 10.4. The second-order valence-electron chi connectivity index (χ2n) is 6.78. The van der Waals surface area contributed by atoms with Gasteiger partial charge in [-0.1, -0.05) is 35.3 Å². The lowest BCUT2D eigenvalue weighted by Gasteiger charge is -2.26. The van der Waals surface area contributed by atoms with Crippen LogP contribution >= 0.6 is 47.4 Å². The van der Waals surface area contributed by atoms with E-state index in [4.69, 9.17) is 27.9 Å². The van der Waals surface area contributed by atoms with Crippen molar-refractivity contribution >= 4 is 59.0 Å². The van der Waals surface area contributed by atoms with Crippen molar-refractivity contribution in [2.45, 2.75) is 16.2 Å². The highest BCUT2D eigenvalue weighted by Crippen LogP contribution is 2.48. The van der Waals surface area contributed by atoms with Crippen molar-refractivity contribution in [2.24, 2.45) is 0 Å². The third-order valence-electron chi connectivity index (χ3n) is 4.57. The van der Waals surface area contributed by atoms with Gasteiger partial charge in [-0.05, 0) is 43.9 Å². The van der Waals surface area contributed by atoms with Crippen LogP contribution in [-0.4, -0.2) is 56.3 Å². The maximum absolute atomic E-state index is 13.2. The Morgan fingerprint density at radius 1 is 1.17 bits per heavy atom. The fourth-order valence-corrected chi connectivity index (χ4v) is 4.68. The third kappa shape index (κ3) is 5.32. The van der Waals surface area contributed by atoms with Gasteiger partial charge in [-0.3, -0.25) is 4.79 Å². The number of nitrogens with zero attached hydrogens (tertiary/aromatic N) is 2. The molecule has 0 radical (unpaired) electrons. The highest BCUT2D eigenvalue weighted by molar-refractivity contribution is 7.99. The van der Waals surface area contributed by atoms with E-state index in [2.05, 4.69) is 0 Å². The molecule has 2 unspecified atom stereocenters. The van der Waals surface area contributed by atoms with Crippen molar-refractivity contribution < 1.29 is 14.6 Å². The van der Waals surface area contributed by atoms with Crippen LogP contribution in [-0.2, 0) is 4.79 Å². The van der Waals surface area contributed by atoms with E-state index < -0.39 is 11.4 Å². The number of methoxy groups -OCH3 is 1. The number of carbonyl (C=O) groups is 1. The van der Waals surface area contributed by atoms with E-state index in [1.54, 1.807) is 24.1 Å². The van der Waals surface area contributed by atoms with E-state index >= 15 is 0 Å². The van der Waals surface area contributed by atoms with Gasteiger partial charge in [0.2, 0.25) is 0 Å². The molecular formula is C20H23Cl3N2O3S. The summed E-state index contributed by atoms with van der Waals surface area (Å²) < 4.78 is 5.20. The number of benzene rings is 2. The largest absolute Gasteiger partial charge is 0.497 e. The first-order chi connectivity index (χ1) is 13.3. The lowest BCUT2D eigenvalue weighted by molar-refractivity contribution is -0.126. The maximum atomic E-state index is 13.2. The van der Waals surface area contributed by atoms with Crippen LogP contribution in [0.2, 0.25) is 10.0 Å². The molecule has 158 valence electrons. The summed E-state index contributed by atoms with van der Waals surface area (Å²) in [6.07, 6.45) is -1.20. The Labute approximate surface area is 191 Å². The topological polar surface area (TPSA) is 53.0 Å². The minimum Gasteiger partial charge on any atom is -0.497 e. The Morgan fingerprint density at radius 3 is 2.38 bits per heavy atom. The number of halogens is 3. The number of aliphatic hydroxyl groups is 1. The number of fused-ring (bicyclic) bond motifs is 1. The Kier molecular flexibility index (Phi) is 8.52. The second-order valence-corrected chi connectivity index (χ2v) is 8.78. The van der Waals surface area contributed by atoms with Crippen LogP contribution in [0.5, 0.6) is 5.75 Å². The number of carbonyl (C=O) groups excluding carboxylic acids is 1. The van der Waals surface area contributed by atoms with E-state index in [0.717, 1.165) is 10.5 Å². The molecule has 0 saturated heterocycles. The molecule has 0 bridgehead atoms. The lowest BCUT2D eigenvalue weighted by atomic mass is 10.1. The van der Waals surface area contributed by atoms with Crippen LogP contribution in [0.15, 0.2) is 41.3 Å². The van der Waals surface area contributed by atoms with Crippen LogP contribution in [0.25, 0.3) is 0 Å². The van der Waals surface area contributed by atoms with E-state index in [1.165, 1.54) is 11.8 Å². The summed E-state index contributed by atoms with van der Waals surface area (Å²) in [5.74, 6) is 0.360. The summed E-state index contributed by atoms with van der Waals surface area (Å²) in [7, 11) is 5.46. The van der Waals surface area contributed by atoms with Crippen molar-refractivity contribution in [1.82, 2.24) is 4.90 Å². The van der Waals surface area contributed by atoms with Gasteiger partial charge >= 0.3 is 0 Å². The molecule has 29 heavy (non-hydrogen) atoms. The molecule has 0 saturated carbocycles. The number of thioether (sulfide) groups is 1. The van der Waals surface area contributed by atoms with Crippen molar-refractivity contribution in [2.75, 3.05) is 39.2 Å². The molecule has 0 aromatic heterocycles. The number of likely N-dealkylation sites (N-methyl/N-ethyl adjacent to an activating group) is 1. The average Bonchev–Trinajstić information content (AvgIpc) is 2.77. The highest BCUT2D eigenvalue weighted by atomic mass is 35.5. The Hall–Kier alpha value is -1.15. The molecule has 1 aliphatic heterocycles. The SMILES string of the molecule is COc1ccc(C2Sc3cc(Cl)c(Cl)cc3N(CCN(C)C)C(=O)C2O)cc1.Cl. The monoisotopic (exact) mass is 476 g/mol. The maximum Gasteiger partial charge on any atom is 0.257 e. The molecule has 5 nitrogen and oxygen atoms in total. The number of hydrogen-bond acceptors (Lipinski definition) is 5. The van der Waals surface area contributed by atoms with Gasteiger partial charge in [0.15, 0.2) is 0 Å². The summed E-state index contributed by atoms with van der Waals surface area (Å²) in [4.78, 5) is 17.5. The Balaban J connectivity index is 0.00000300. The zero-order chi connectivity index (χ0) is 20.4. The summed E-state index contributed by atoms with van der Waals surface area (Å²) in [6.45, 7) is 1.08. The zero-order valence-electron chi connectivity index (χ0n) is 16.3. The molecule has 0 spiro atoms. The van der Waals surface area contributed by atoms with Gasteiger partial charge in [0.25, 0.3) is 5.91 Å². The summed E-state index contributed by atoms with van der Waals surface area (Å²) in [5, 5.41) is 11.2. The van der Waals surface area contributed by atoms with E-state index in [0.29, 0.717) is 34.6 Å². The Morgan fingerprint density at radius 2 is 1.79 bits per heavy atom. The predicted octanol–water partition coefficient (Wildman–Crippen LogP) is 4.53. The Bertz CT molecular complexity index is 865. The predicted molar refractivity (Wildman–Crippen MR) is 122 cm³/mol. The molecular weight excluding hydrogens is 455 g/mol. The number of amides is 1. The van der Waals surface area contributed by atoms with Gasteiger partial charge in [-0.15, -0.1) is 24.2 Å². The van der Waals surface area contributed by atoms with Crippen molar-refractivity contribution in [1.29, 1.82) is 0 Å². The average molecular weight is 478 g/mol. The molecule has 0 aliphatic carbocycles. The van der Waals surface area contributed by atoms with Gasteiger partial charge in [-0.2, -0.15) is 0 Å². The van der Waals surface area contributed by atoms with Crippen molar-refractivity contribution in [3.8, 4) is 5.75 Å². The number of hydrogen-bond donors (Lipinski definition) is 1. The minimum absolute atomic E-state index is 0. The number of ether oxygens (including phenoxy) is 1. The van der Waals surface area contributed by atoms with Gasteiger partial charge in [0, 0.05) is 18.0 Å². The fourth-order valence-electron chi connectivity index (χ4n) is 3.01. The van der Waals surface area contributed by atoms with Gasteiger partial charge in [-0.25, -0.2) is 0 Å². The molecule has 1 N–H and O–H groups in total. The number of rotatable bonds is 5. The molecule has 1 amide bonds. The summed E-state index contributed by atoms with van der Waals surface area (Å²) >= 11 is 13.9. The van der Waals surface area contributed by atoms with Crippen molar-refractivity contribution in [3.63, 3.8) is 0 Å². The van der Waals surface area contributed by atoms with Crippen molar-refractivity contribution in [3.05, 3.63) is 52.0 Å². The lowest BCUT2D eigenvalue weighted by Crippen LogP contribution is -2.43. The molecule has 3 rings (SSSR count). The van der Waals surface area contributed by atoms with Crippen LogP contribution in [0, 0.1) is 0 Å². The van der Waals surface area contributed by atoms with Crippen LogP contribution < -0.4 is 9.64 Å². The van der Waals surface area contributed by atoms with Gasteiger partial charge in [0.1, 0.15) is 11.9 Å². The van der Waals surface area contributed by atoms with E-state index in [-0.39, 0.29) is 18.3 Å². The zero-order valence-corrected chi connectivity index (χ0v) is 19.4. The van der Waals surface area contributed by atoms with Crippen LogP contribution in [0.1, 0.15) is 10.8 Å². The number of aliphatic hydroxyl groups excluding tert-OH is 1. The first kappa shape index (κ1) is 24.1. The second kappa shape index (κ2) is 10.2. The normalized spacial score (nSPS) is 18.9. The fraction of sp³-hybridized carbons (Fsp3) is 0.350. The van der Waals surface area contributed by atoms with E-state index in [1.807, 2.05) is 43.3 Å². The molecule has 1 aliphatic rings. The first-order valence-electron chi connectivity index (χ1n) is 8.75. The highest BCUT2D eigenvalue weighted by Gasteiger charge is 2.37. The molecule has 2 atom stereocenters. The standard InChI is InChI=1S/C20H22Cl2N2O3S.ClH/c1-23(2)8-9-24-16-10-14(21)15(22)11-17(16)28-19(18(25)20(24)26)12-4-6-13(27-3)7-5-12;/h4-7,10-11,18-19,25H,8-9H2,1-3H3;1H. The molecule has 0 fully saturated rings. The molecule has 1 heterocycles. The smallest absolute Gasteiger partial charge is 0.257 e. The summed E-state index contributed by atoms with van der Waals surface area (Å²) in [5.41, 5.74) is 1.50. The quantitative estimate of drug-likeness (QED) is 0.686.